The third-order valence-corrected chi connectivity index (χ3v) is 3.65. The van der Waals surface area contributed by atoms with E-state index < -0.39 is 0 Å². The maximum absolute atomic E-state index is 9.40. The maximum atomic E-state index is 9.40. The number of hydrogen-bond donors (Lipinski definition) is 1. The summed E-state index contributed by atoms with van der Waals surface area (Å²) in [6.45, 7) is 5.92. The molecule has 0 radical (unpaired) electrons. The molecule has 0 aliphatic heterocycles. The number of aliphatic hydroxyl groups excluding tert-OH is 1. The summed E-state index contributed by atoms with van der Waals surface area (Å²) in [7, 11) is 0. The molecule has 3 rings (SSSR count). The summed E-state index contributed by atoms with van der Waals surface area (Å²) < 4.78 is 1.86. The van der Waals surface area contributed by atoms with Crippen molar-refractivity contribution in [2.75, 3.05) is 0 Å². The van der Waals surface area contributed by atoms with Crippen LogP contribution in [0.5, 0.6) is 0 Å². The molecule has 112 valence electrons. The first-order valence-corrected chi connectivity index (χ1v) is 7.16. The highest BCUT2D eigenvalue weighted by atomic mass is 16.3. The van der Waals surface area contributed by atoms with Gasteiger partial charge in [0, 0.05) is 11.8 Å². The second kappa shape index (κ2) is 5.69. The van der Waals surface area contributed by atoms with Gasteiger partial charge in [-0.25, -0.2) is 4.98 Å². The zero-order chi connectivity index (χ0) is 15.7. The summed E-state index contributed by atoms with van der Waals surface area (Å²) >= 11 is 0. The molecule has 0 aliphatic rings. The number of hydrogen-bond acceptors (Lipinski definition) is 4. The van der Waals surface area contributed by atoms with Crippen molar-refractivity contribution >= 4 is 17.2 Å². The lowest BCUT2D eigenvalue weighted by atomic mass is 10.1. The van der Waals surface area contributed by atoms with Gasteiger partial charge < -0.3 is 5.11 Å². The second-order valence-electron chi connectivity index (χ2n) is 5.40. The Bertz CT molecular complexity index is 864. The predicted molar refractivity (Wildman–Crippen MR) is 85.9 cm³/mol. The van der Waals surface area contributed by atoms with Gasteiger partial charge in [0.15, 0.2) is 5.82 Å². The molecular formula is C17H18N4O. The predicted octanol–water partition coefficient (Wildman–Crippen LogP) is 4.17. The third kappa shape index (κ3) is 2.51. The molecule has 0 saturated carbocycles. The summed E-state index contributed by atoms with van der Waals surface area (Å²) in [5.74, 6) is 0.685. The number of azo groups is 1. The number of aromatic nitrogens is 2. The van der Waals surface area contributed by atoms with Gasteiger partial charge in [0.2, 0.25) is 0 Å². The van der Waals surface area contributed by atoms with Crippen LogP contribution in [0, 0.1) is 20.8 Å². The van der Waals surface area contributed by atoms with E-state index in [9.17, 15) is 5.11 Å². The Labute approximate surface area is 129 Å². The second-order valence-corrected chi connectivity index (χ2v) is 5.40. The number of imidazole rings is 1. The van der Waals surface area contributed by atoms with E-state index in [0.717, 1.165) is 28.2 Å². The van der Waals surface area contributed by atoms with Crippen LogP contribution in [0.3, 0.4) is 0 Å². The molecule has 5 heteroatoms. The number of nitrogens with zero attached hydrogens (tertiary/aromatic N) is 4. The van der Waals surface area contributed by atoms with Gasteiger partial charge in [0.25, 0.3) is 0 Å². The third-order valence-electron chi connectivity index (χ3n) is 3.65. The Balaban J connectivity index is 2.07. The van der Waals surface area contributed by atoms with Crippen LogP contribution < -0.4 is 0 Å². The molecule has 0 aliphatic carbocycles. The van der Waals surface area contributed by atoms with Crippen molar-refractivity contribution in [3.8, 4) is 0 Å². The number of benzene rings is 1. The standard InChI is InChI=1S/C17H18N4O/c1-11-6-7-15(12(2)9-11)19-20-16-13(3)18-17-14(10-22)5-4-8-21(16)17/h4-9,22H,10H2,1-3H3. The highest BCUT2D eigenvalue weighted by Gasteiger charge is 2.10. The summed E-state index contributed by atoms with van der Waals surface area (Å²) in [4.78, 5) is 4.48. The van der Waals surface area contributed by atoms with Crippen molar-refractivity contribution in [1.29, 1.82) is 0 Å². The lowest BCUT2D eigenvalue weighted by Gasteiger charge is -2.01. The van der Waals surface area contributed by atoms with Gasteiger partial charge in [-0.15, -0.1) is 10.2 Å². The van der Waals surface area contributed by atoms with Gasteiger partial charge in [0.1, 0.15) is 5.65 Å². The lowest BCUT2D eigenvalue weighted by molar-refractivity contribution is 0.282. The molecular weight excluding hydrogens is 276 g/mol. The summed E-state index contributed by atoms with van der Waals surface area (Å²) in [6.07, 6.45) is 1.88. The zero-order valence-electron chi connectivity index (χ0n) is 12.9. The first-order chi connectivity index (χ1) is 10.6. The monoisotopic (exact) mass is 294 g/mol. The first-order valence-electron chi connectivity index (χ1n) is 7.16. The van der Waals surface area contributed by atoms with E-state index in [1.165, 1.54) is 5.56 Å². The minimum Gasteiger partial charge on any atom is -0.392 e. The van der Waals surface area contributed by atoms with Crippen LogP contribution in [-0.4, -0.2) is 14.5 Å². The minimum absolute atomic E-state index is 0.0472. The molecule has 0 saturated heterocycles. The van der Waals surface area contributed by atoms with E-state index in [4.69, 9.17) is 0 Å². The van der Waals surface area contributed by atoms with Crippen LogP contribution in [0.25, 0.3) is 5.65 Å². The van der Waals surface area contributed by atoms with Gasteiger partial charge in [-0.05, 0) is 38.5 Å². The lowest BCUT2D eigenvalue weighted by Crippen LogP contribution is -1.90. The van der Waals surface area contributed by atoms with Crippen molar-refractivity contribution in [2.45, 2.75) is 27.4 Å². The maximum Gasteiger partial charge on any atom is 0.182 e. The average molecular weight is 294 g/mol. The molecule has 2 heterocycles. The summed E-state index contributed by atoms with van der Waals surface area (Å²) in [5, 5.41) is 18.1. The Hall–Kier alpha value is -2.53. The van der Waals surface area contributed by atoms with E-state index in [0.29, 0.717) is 5.82 Å². The van der Waals surface area contributed by atoms with Crippen molar-refractivity contribution < 1.29 is 5.11 Å². The molecule has 0 amide bonds. The molecule has 5 nitrogen and oxygen atoms in total. The molecule has 0 bridgehead atoms. The molecule has 0 fully saturated rings. The molecule has 1 aromatic carbocycles. The zero-order valence-corrected chi connectivity index (χ0v) is 12.9. The Morgan fingerprint density at radius 3 is 2.68 bits per heavy atom. The molecule has 0 unspecified atom stereocenters. The summed E-state index contributed by atoms with van der Waals surface area (Å²) in [5.41, 5.74) is 5.42. The Morgan fingerprint density at radius 2 is 1.95 bits per heavy atom. The largest absolute Gasteiger partial charge is 0.392 e. The molecule has 0 atom stereocenters. The van der Waals surface area contributed by atoms with Crippen LogP contribution in [0.15, 0.2) is 46.8 Å². The van der Waals surface area contributed by atoms with Crippen LogP contribution in [0.4, 0.5) is 11.5 Å². The Morgan fingerprint density at radius 1 is 1.14 bits per heavy atom. The Kier molecular flexibility index (Phi) is 3.73. The van der Waals surface area contributed by atoms with Crippen molar-refractivity contribution in [3.63, 3.8) is 0 Å². The van der Waals surface area contributed by atoms with E-state index >= 15 is 0 Å². The van der Waals surface area contributed by atoms with E-state index in [-0.39, 0.29) is 6.61 Å². The molecule has 1 N–H and O–H groups in total. The quantitative estimate of drug-likeness (QED) is 0.737. The highest BCUT2D eigenvalue weighted by Crippen LogP contribution is 2.26. The van der Waals surface area contributed by atoms with E-state index in [2.05, 4.69) is 28.2 Å². The van der Waals surface area contributed by atoms with Gasteiger partial charge in [-0.1, -0.05) is 23.8 Å². The van der Waals surface area contributed by atoms with E-state index in [1.807, 2.05) is 48.7 Å². The van der Waals surface area contributed by atoms with Crippen LogP contribution in [0.1, 0.15) is 22.4 Å². The van der Waals surface area contributed by atoms with Crippen LogP contribution in [-0.2, 0) is 6.61 Å². The van der Waals surface area contributed by atoms with Crippen molar-refractivity contribution in [1.82, 2.24) is 9.38 Å². The normalized spacial score (nSPS) is 11.6. The molecule has 3 aromatic rings. The highest BCUT2D eigenvalue weighted by molar-refractivity contribution is 5.57. The fourth-order valence-electron chi connectivity index (χ4n) is 2.49. The number of aryl methyl sites for hydroxylation is 3. The molecule has 2 aromatic heterocycles. The van der Waals surface area contributed by atoms with E-state index in [1.54, 1.807) is 0 Å². The van der Waals surface area contributed by atoms with Crippen molar-refractivity contribution in [2.24, 2.45) is 10.2 Å². The summed E-state index contributed by atoms with van der Waals surface area (Å²) in [6, 6.07) is 9.79. The molecule has 22 heavy (non-hydrogen) atoms. The van der Waals surface area contributed by atoms with Gasteiger partial charge in [0.05, 0.1) is 18.0 Å². The number of pyridine rings is 1. The topological polar surface area (TPSA) is 62.2 Å². The van der Waals surface area contributed by atoms with Gasteiger partial charge in [-0.2, -0.15) is 0 Å². The first kappa shape index (κ1) is 14.4. The van der Waals surface area contributed by atoms with Crippen molar-refractivity contribution in [3.05, 3.63) is 58.9 Å². The van der Waals surface area contributed by atoms with Gasteiger partial charge in [-0.3, -0.25) is 4.40 Å². The smallest absolute Gasteiger partial charge is 0.182 e. The fourth-order valence-corrected chi connectivity index (χ4v) is 2.49. The number of aliphatic hydroxyl groups is 1. The fraction of sp³-hybridized carbons (Fsp3) is 0.235. The van der Waals surface area contributed by atoms with Crippen LogP contribution >= 0.6 is 0 Å². The number of rotatable bonds is 3. The number of fused-ring (bicyclic) bond motifs is 1. The van der Waals surface area contributed by atoms with Crippen LogP contribution in [0.2, 0.25) is 0 Å². The van der Waals surface area contributed by atoms with Gasteiger partial charge >= 0.3 is 0 Å². The SMILES string of the molecule is Cc1ccc(N=Nc2c(C)nc3c(CO)cccn23)c(C)c1. The minimum atomic E-state index is -0.0472. The molecule has 0 spiro atoms. The average Bonchev–Trinajstić information content (AvgIpc) is 2.82.